The minimum atomic E-state index is 0.738. The van der Waals surface area contributed by atoms with Crippen molar-refractivity contribution in [3.63, 3.8) is 0 Å². The maximum absolute atomic E-state index is 6.21. The van der Waals surface area contributed by atoms with Crippen LogP contribution in [0.25, 0.3) is 0 Å². The van der Waals surface area contributed by atoms with Gasteiger partial charge in [-0.1, -0.05) is 31.5 Å². The first-order valence-electron chi connectivity index (χ1n) is 7.85. The lowest BCUT2D eigenvalue weighted by Gasteiger charge is -2.23. The van der Waals surface area contributed by atoms with Gasteiger partial charge in [-0.15, -0.1) is 0 Å². The molecule has 0 amide bonds. The Bertz CT molecular complexity index is 450. The molecular weight excluding hydrogens is 284 g/mol. The quantitative estimate of drug-likeness (QED) is 0.779. The summed E-state index contributed by atoms with van der Waals surface area (Å²) in [4.78, 5) is 2.49. The fourth-order valence-corrected chi connectivity index (χ4v) is 3.09. The number of anilines is 1. The third kappa shape index (κ3) is 4.60. The number of nitrogens with one attached hydrogen (secondary N) is 1. The van der Waals surface area contributed by atoms with Crippen LogP contribution < -0.4 is 10.2 Å². The van der Waals surface area contributed by atoms with Crippen molar-refractivity contribution in [2.45, 2.75) is 26.8 Å². The zero-order valence-electron chi connectivity index (χ0n) is 13.4. The van der Waals surface area contributed by atoms with Crippen molar-refractivity contribution in [3.8, 4) is 0 Å². The van der Waals surface area contributed by atoms with Gasteiger partial charge in [-0.25, -0.2) is 0 Å². The highest BCUT2D eigenvalue weighted by atomic mass is 35.5. The fourth-order valence-electron chi connectivity index (χ4n) is 2.93. The van der Waals surface area contributed by atoms with E-state index in [1.54, 1.807) is 7.11 Å². The molecule has 3 nitrogen and oxygen atoms in total. The van der Waals surface area contributed by atoms with E-state index in [4.69, 9.17) is 16.3 Å². The number of nitrogens with zero attached hydrogens (tertiary/aromatic N) is 1. The van der Waals surface area contributed by atoms with E-state index < -0.39 is 0 Å². The maximum Gasteiger partial charge on any atom is 0.0587 e. The fraction of sp³-hybridized carbons (Fsp3) is 0.647. The van der Waals surface area contributed by atoms with Crippen LogP contribution in [0.5, 0.6) is 0 Å². The lowest BCUT2D eigenvalue weighted by atomic mass is 9.95. The second-order valence-corrected chi connectivity index (χ2v) is 6.62. The van der Waals surface area contributed by atoms with Crippen molar-refractivity contribution in [2.75, 3.05) is 38.3 Å². The van der Waals surface area contributed by atoms with Crippen molar-refractivity contribution in [2.24, 2.45) is 11.8 Å². The van der Waals surface area contributed by atoms with E-state index in [0.717, 1.165) is 49.6 Å². The number of methoxy groups -OCH3 is 1. The molecule has 21 heavy (non-hydrogen) atoms. The normalized spacial score (nSPS) is 18.7. The molecule has 0 spiro atoms. The molecule has 4 heteroatoms. The number of rotatable bonds is 7. The van der Waals surface area contributed by atoms with E-state index in [1.807, 2.05) is 6.07 Å². The van der Waals surface area contributed by atoms with E-state index in [-0.39, 0.29) is 0 Å². The van der Waals surface area contributed by atoms with Crippen LogP contribution in [0.15, 0.2) is 18.2 Å². The van der Waals surface area contributed by atoms with Crippen LogP contribution in [0.2, 0.25) is 5.02 Å². The first-order chi connectivity index (χ1) is 10.1. The SMILES string of the molecule is COCCNCc1ccc(Cl)cc1N1CCC(C(C)C)C1. The van der Waals surface area contributed by atoms with Gasteiger partial charge in [-0.05, 0) is 36.0 Å². The zero-order chi connectivity index (χ0) is 15.2. The highest BCUT2D eigenvalue weighted by Gasteiger charge is 2.26. The Balaban J connectivity index is 2.05. The molecule has 1 aliphatic rings. The van der Waals surface area contributed by atoms with E-state index in [9.17, 15) is 0 Å². The summed E-state index contributed by atoms with van der Waals surface area (Å²) < 4.78 is 5.08. The minimum absolute atomic E-state index is 0.738. The molecule has 0 radical (unpaired) electrons. The van der Waals surface area contributed by atoms with Gasteiger partial charge < -0.3 is 15.0 Å². The first kappa shape index (κ1) is 16.6. The van der Waals surface area contributed by atoms with Gasteiger partial charge in [-0.2, -0.15) is 0 Å². The molecule has 1 fully saturated rings. The van der Waals surface area contributed by atoms with Crippen molar-refractivity contribution < 1.29 is 4.74 Å². The third-order valence-corrected chi connectivity index (χ3v) is 4.59. The van der Waals surface area contributed by atoms with Crippen molar-refractivity contribution in [3.05, 3.63) is 28.8 Å². The van der Waals surface area contributed by atoms with E-state index >= 15 is 0 Å². The van der Waals surface area contributed by atoms with Crippen molar-refractivity contribution >= 4 is 17.3 Å². The van der Waals surface area contributed by atoms with Crippen LogP contribution in [0.1, 0.15) is 25.8 Å². The summed E-state index contributed by atoms with van der Waals surface area (Å²) >= 11 is 6.21. The van der Waals surface area contributed by atoms with Crippen LogP contribution in [0.4, 0.5) is 5.69 Å². The molecule has 118 valence electrons. The van der Waals surface area contributed by atoms with Gasteiger partial charge in [0, 0.05) is 44.0 Å². The largest absolute Gasteiger partial charge is 0.383 e. The summed E-state index contributed by atoms with van der Waals surface area (Å²) in [6.45, 7) is 9.38. The summed E-state index contributed by atoms with van der Waals surface area (Å²) in [7, 11) is 1.73. The van der Waals surface area contributed by atoms with Gasteiger partial charge in [0.25, 0.3) is 0 Å². The van der Waals surface area contributed by atoms with E-state index in [1.165, 1.54) is 17.7 Å². The molecule has 1 aromatic carbocycles. The molecule has 1 atom stereocenters. The standard InChI is InChI=1S/C17H27ClN2O/c1-13(2)15-6-8-20(12-15)17-10-16(18)5-4-14(17)11-19-7-9-21-3/h4-5,10,13,15,19H,6-9,11-12H2,1-3H3. The molecule has 0 aliphatic carbocycles. The second-order valence-electron chi connectivity index (χ2n) is 6.18. The topological polar surface area (TPSA) is 24.5 Å². The molecular formula is C17H27ClN2O. The van der Waals surface area contributed by atoms with Gasteiger partial charge in [-0.3, -0.25) is 0 Å². The summed E-state index contributed by atoms with van der Waals surface area (Å²) in [5.74, 6) is 1.54. The molecule has 0 saturated carbocycles. The Morgan fingerprint density at radius 3 is 2.90 bits per heavy atom. The Morgan fingerprint density at radius 1 is 1.43 bits per heavy atom. The van der Waals surface area contributed by atoms with Crippen LogP contribution in [0, 0.1) is 11.8 Å². The molecule has 1 aromatic rings. The average molecular weight is 311 g/mol. The molecule has 1 saturated heterocycles. The second kappa shape index (κ2) is 8.02. The van der Waals surface area contributed by atoms with E-state index in [2.05, 4.69) is 36.2 Å². The molecule has 1 aliphatic heterocycles. The Kier molecular flexibility index (Phi) is 6.34. The molecule has 1 N–H and O–H groups in total. The van der Waals surface area contributed by atoms with Gasteiger partial charge >= 0.3 is 0 Å². The van der Waals surface area contributed by atoms with Crippen LogP contribution in [0.3, 0.4) is 0 Å². The summed E-state index contributed by atoms with van der Waals surface area (Å²) in [6, 6.07) is 6.23. The van der Waals surface area contributed by atoms with Gasteiger partial charge in [0.05, 0.1) is 6.61 Å². The van der Waals surface area contributed by atoms with Crippen molar-refractivity contribution in [1.82, 2.24) is 5.32 Å². The Morgan fingerprint density at radius 2 is 2.24 bits per heavy atom. The van der Waals surface area contributed by atoms with Crippen LogP contribution in [-0.2, 0) is 11.3 Å². The number of hydrogen-bond acceptors (Lipinski definition) is 3. The third-order valence-electron chi connectivity index (χ3n) is 4.35. The molecule has 0 bridgehead atoms. The summed E-state index contributed by atoms with van der Waals surface area (Å²) in [5.41, 5.74) is 2.61. The smallest absolute Gasteiger partial charge is 0.0587 e. The highest BCUT2D eigenvalue weighted by molar-refractivity contribution is 6.30. The van der Waals surface area contributed by atoms with Crippen LogP contribution in [-0.4, -0.2) is 33.4 Å². The lowest BCUT2D eigenvalue weighted by Crippen LogP contribution is -2.25. The van der Waals surface area contributed by atoms with Crippen LogP contribution >= 0.6 is 11.6 Å². The monoisotopic (exact) mass is 310 g/mol. The molecule has 0 aromatic heterocycles. The Labute approximate surface area is 133 Å². The van der Waals surface area contributed by atoms with Gasteiger partial charge in [0.1, 0.15) is 0 Å². The highest BCUT2D eigenvalue weighted by Crippen LogP contribution is 2.32. The number of benzene rings is 1. The number of hydrogen-bond donors (Lipinski definition) is 1. The minimum Gasteiger partial charge on any atom is -0.383 e. The molecule has 1 heterocycles. The van der Waals surface area contributed by atoms with Gasteiger partial charge in [0.15, 0.2) is 0 Å². The summed E-state index contributed by atoms with van der Waals surface area (Å²) in [6.07, 6.45) is 1.28. The van der Waals surface area contributed by atoms with E-state index in [0.29, 0.717) is 0 Å². The number of ether oxygens (including phenoxy) is 1. The average Bonchev–Trinajstić information content (AvgIpc) is 2.94. The summed E-state index contributed by atoms with van der Waals surface area (Å²) in [5, 5.41) is 4.24. The molecule has 2 rings (SSSR count). The predicted molar refractivity (Wildman–Crippen MR) is 90.2 cm³/mol. The predicted octanol–water partition coefficient (Wildman–Crippen LogP) is 3.56. The maximum atomic E-state index is 6.21. The first-order valence-corrected chi connectivity index (χ1v) is 8.22. The Hall–Kier alpha value is -0.770. The van der Waals surface area contributed by atoms with Gasteiger partial charge in [0.2, 0.25) is 0 Å². The molecule has 1 unspecified atom stereocenters. The lowest BCUT2D eigenvalue weighted by molar-refractivity contribution is 0.199. The number of halogens is 1. The van der Waals surface area contributed by atoms with Crippen molar-refractivity contribution in [1.29, 1.82) is 0 Å². The zero-order valence-corrected chi connectivity index (χ0v) is 14.1.